The molecular formula is C20H31IN6. The van der Waals surface area contributed by atoms with Crippen LogP contribution in [0.25, 0.3) is 0 Å². The summed E-state index contributed by atoms with van der Waals surface area (Å²) in [6.45, 7) is 7.17. The molecule has 1 atom stereocenters. The van der Waals surface area contributed by atoms with Gasteiger partial charge in [0.2, 0.25) is 0 Å². The van der Waals surface area contributed by atoms with Crippen molar-refractivity contribution in [2.24, 2.45) is 4.99 Å². The molecule has 2 N–H and O–H groups in total. The molecule has 0 amide bonds. The van der Waals surface area contributed by atoms with E-state index in [1.807, 2.05) is 25.8 Å². The second-order valence-electron chi connectivity index (χ2n) is 6.78. The first-order valence-electron chi connectivity index (χ1n) is 9.50. The molecule has 1 aliphatic rings. The van der Waals surface area contributed by atoms with Crippen molar-refractivity contribution in [3.63, 3.8) is 0 Å². The molecule has 0 radical (unpaired) electrons. The number of likely N-dealkylation sites (tertiary alicyclic amines) is 1. The molecule has 1 aromatic heterocycles. The number of aromatic nitrogens is 2. The Hall–Kier alpha value is -1.61. The summed E-state index contributed by atoms with van der Waals surface area (Å²) in [6.07, 6.45) is 8.21. The fourth-order valence-electron chi connectivity index (χ4n) is 3.52. The molecule has 7 heteroatoms. The molecular weight excluding hydrogens is 451 g/mol. The molecule has 1 unspecified atom stereocenters. The van der Waals surface area contributed by atoms with Crippen LogP contribution in [-0.2, 0) is 13.1 Å². The van der Waals surface area contributed by atoms with E-state index in [-0.39, 0.29) is 24.0 Å². The van der Waals surface area contributed by atoms with Gasteiger partial charge in [-0.05, 0) is 37.1 Å². The summed E-state index contributed by atoms with van der Waals surface area (Å²) in [5, 5.41) is 6.89. The van der Waals surface area contributed by atoms with E-state index in [4.69, 9.17) is 0 Å². The lowest BCUT2D eigenvalue weighted by Crippen LogP contribution is -2.44. The smallest absolute Gasteiger partial charge is 0.191 e. The SMILES string of the molecule is CCN1CCCC1CNC(=NC)NCc1ccc(Cn2ccnc2)cc1.I. The number of rotatable bonds is 7. The summed E-state index contributed by atoms with van der Waals surface area (Å²) >= 11 is 0. The normalized spacial score (nSPS) is 17.6. The van der Waals surface area contributed by atoms with Gasteiger partial charge in [-0.3, -0.25) is 9.89 Å². The van der Waals surface area contributed by atoms with Gasteiger partial charge in [0.1, 0.15) is 0 Å². The van der Waals surface area contributed by atoms with Gasteiger partial charge in [0.25, 0.3) is 0 Å². The lowest BCUT2D eigenvalue weighted by Gasteiger charge is -2.24. The zero-order valence-electron chi connectivity index (χ0n) is 16.3. The maximum absolute atomic E-state index is 4.35. The molecule has 148 valence electrons. The van der Waals surface area contributed by atoms with E-state index in [0.717, 1.165) is 32.1 Å². The van der Waals surface area contributed by atoms with Crippen LogP contribution in [0.4, 0.5) is 0 Å². The minimum Gasteiger partial charge on any atom is -0.355 e. The third-order valence-electron chi connectivity index (χ3n) is 5.04. The molecule has 0 aliphatic carbocycles. The van der Waals surface area contributed by atoms with E-state index in [9.17, 15) is 0 Å². The van der Waals surface area contributed by atoms with Crippen molar-refractivity contribution in [3.8, 4) is 0 Å². The number of imidazole rings is 1. The summed E-state index contributed by atoms with van der Waals surface area (Å²) in [7, 11) is 1.83. The number of halogens is 1. The lowest BCUT2D eigenvalue weighted by atomic mass is 10.1. The van der Waals surface area contributed by atoms with Gasteiger partial charge in [0, 0.05) is 45.1 Å². The first kappa shape index (κ1) is 21.7. The summed E-state index contributed by atoms with van der Waals surface area (Å²) in [6, 6.07) is 9.31. The number of nitrogens with zero attached hydrogens (tertiary/aromatic N) is 4. The van der Waals surface area contributed by atoms with Crippen LogP contribution in [0.1, 0.15) is 30.9 Å². The van der Waals surface area contributed by atoms with Crippen molar-refractivity contribution in [2.75, 3.05) is 26.7 Å². The van der Waals surface area contributed by atoms with E-state index >= 15 is 0 Å². The van der Waals surface area contributed by atoms with Crippen molar-refractivity contribution in [2.45, 2.75) is 38.9 Å². The number of hydrogen-bond acceptors (Lipinski definition) is 3. The number of nitrogens with one attached hydrogen (secondary N) is 2. The minimum atomic E-state index is 0. The molecule has 1 fully saturated rings. The van der Waals surface area contributed by atoms with E-state index in [1.54, 1.807) is 0 Å². The standard InChI is InChI=1S/C20H30N6.HI/c1-3-26-11-4-5-19(26)14-24-20(21-2)23-13-17-6-8-18(9-7-17)15-25-12-10-22-16-25;/h6-10,12,16,19H,3-5,11,13-15H2,1-2H3,(H2,21,23,24);1H. The Morgan fingerprint density at radius 2 is 2.00 bits per heavy atom. The largest absolute Gasteiger partial charge is 0.355 e. The summed E-state index contributed by atoms with van der Waals surface area (Å²) in [4.78, 5) is 11.0. The van der Waals surface area contributed by atoms with Crippen molar-refractivity contribution in [1.29, 1.82) is 0 Å². The van der Waals surface area contributed by atoms with Crippen LogP contribution in [-0.4, -0.2) is 53.1 Å². The Labute approximate surface area is 179 Å². The molecule has 3 rings (SSSR count). The highest BCUT2D eigenvalue weighted by Crippen LogP contribution is 2.15. The Morgan fingerprint density at radius 1 is 1.22 bits per heavy atom. The molecule has 0 spiro atoms. The zero-order valence-corrected chi connectivity index (χ0v) is 18.6. The van der Waals surface area contributed by atoms with E-state index in [0.29, 0.717) is 6.04 Å². The maximum Gasteiger partial charge on any atom is 0.191 e. The Morgan fingerprint density at radius 3 is 2.67 bits per heavy atom. The number of aliphatic imine (C=N–C) groups is 1. The number of benzene rings is 1. The average Bonchev–Trinajstić information content (AvgIpc) is 3.34. The molecule has 27 heavy (non-hydrogen) atoms. The van der Waals surface area contributed by atoms with Gasteiger partial charge in [-0.2, -0.15) is 0 Å². The van der Waals surface area contributed by atoms with Crippen molar-refractivity contribution < 1.29 is 0 Å². The van der Waals surface area contributed by atoms with Crippen LogP contribution < -0.4 is 10.6 Å². The monoisotopic (exact) mass is 482 g/mol. The third-order valence-corrected chi connectivity index (χ3v) is 5.04. The van der Waals surface area contributed by atoms with Crippen molar-refractivity contribution in [1.82, 2.24) is 25.1 Å². The van der Waals surface area contributed by atoms with Crippen LogP contribution in [0.2, 0.25) is 0 Å². The molecule has 0 bridgehead atoms. The molecule has 0 saturated carbocycles. The highest BCUT2D eigenvalue weighted by Gasteiger charge is 2.22. The van der Waals surface area contributed by atoms with Crippen LogP contribution in [0.15, 0.2) is 48.0 Å². The van der Waals surface area contributed by atoms with Gasteiger partial charge in [0.15, 0.2) is 5.96 Å². The summed E-state index contributed by atoms with van der Waals surface area (Å²) in [5.41, 5.74) is 2.52. The summed E-state index contributed by atoms with van der Waals surface area (Å²) < 4.78 is 2.07. The Bertz CT molecular complexity index is 683. The number of guanidine groups is 1. The van der Waals surface area contributed by atoms with Crippen LogP contribution in [0, 0.1) is 0 Å². The molecule has 2 aromatic rings. The quantitative estimate of drug-likeness (QED) is 0.362. The number of hydrogen-bond donors (Lipinski definition) is 2. The number of likely N-dealkylation sites (N-methyl/N-ethyl adjacent to an activating group) is 1. The highest BCUT2D eigenvalue weighted by atomic mass is 127. The highest BCUT2D eigenvalue weighted by molar-refractivity contribution is 14.0. The average molecular weight is 482 g/mol. The van der Waals surface area contributed by atoms with Gasteiger partial charge in [-0.25, -0.2) is 4.98 Å². The van der Waals surface area contributed by atoms with Crippen LogP contribution in [0.5, 0.6) is 0 Å². The Balaban J connectivity index is 0.00000261. The van der Waals surface area contributed by atoms with E-state index < -0.39 is 0 Å². The Kier molecular flexibility index (Phi) is 9.06. The van der Waals surface area contributed by atoms with Crippen molar-refractivity contribution in [3.05, 3.63) is 54.1 Å². The van der Waals surface area contributed by atoms with Gasteiger partial charge in [-0.1, -0.05) is 31.2 Å². The fourth-order valence-corrected chi connectivity index (χ4v) is 3.52. The molecule has 6 nitrogen and oxygen atoms in total. The van der Waals surface area contributed by atoms with Crippen molar-refractivity contribution >= 4 is 29.9 Å². The van der Waals surface area contributed by atoms with Gasteiger partial charge >= 0.3 is 0 Å². The third kappa shape index (κ3) is 6.49. The molecule has 2 heterocycles. The van der Waals surface area contributed by atoms with Crippen LogP contribution in [0.3, 0.4) is 0 Å². The minimum absolute atomic E-state index is 0. The second-order valence-corrected chi connectivity index (χ2v) is 6.78. The molecule has 1 aliphatic heterocycles. The molecule has 1 aromatic carbocycles. The zero-order chi connectivity index (χ0) is 18.2. The maximum atomic E-state index is 4.35. The predicted molar refractivity (Wildman–Crippen MR) is 122 cm³/mol. The van der Waals surface area contributed by atoms with E-state index in [2.05, 4.69) is 61.3 Å². The summed E-state index contributed by atoms with van der Waals surface area (Å²) in [5.74, 6) is 0.871. The first-order valence-corrected chi connectivity index (χ1v) is 9.50. The van der Waals surface area contributed by atoms with E-state index in [1.165, 1.54) is 30.5 Å². The molecule has 1 saturated heterocycles. The van der Waals surface area contributed by atoms with Gasteiger partial charge < -0.3 is 15.2 Å². The fraction of sp³-hybridized carbons (Fsp3) is 0.500. The predicted octanol–water partition coefficient (Wildman–Crippen LogP) is 2.70. The lowest BCUT2D eigenvalue weighted by molar-refractivity contribution is 0.267. The second kappa shape index (κ2) is 11.3. The van der Waals surface area contributed by atoms with Crippen LogP contribution >= 0.6 is 24.0 Å². The first-order chi connectivity index (χ1) is 12.8. The topological polar surface area (TPSA) is 57.5 Å². The van der Waals surface area contributed by atoms with Gasteiger partial charge in [-0.15, -0.1) is 24.0 Å². The van der Waals surface area contributed by atoms with Gasteiger partial charge in [0.05, 0.1) is 6.33 Å².